The highest BCUT2D eigenvalue weighted by atomic mass is 16.5. The molecule has 1 unspecified atom stereocenters. The standard InChI is InChI=1S/C17H20N2O5/c1-17(11-23-2,16(21)22)19-14(20)8-9-15-18-10-13(24-15)12-6-4-3-5-7-12/h3-7,10H,8-9,11H2,1-2H3,(H,19,20)(H,21,22). The zero-order valence-electron chi connectivity index (χ0n) is 13.6. The van der Waals surface area contributed by atoms with Crippen LogP contribution >= 0.6 is 0 Å². The number of carboxylic acid groups (broad SMARTS) is 1. The Labute approximate surface area is 139 Å². The Bertz CT molecular complexity index is 698. The van der Waals surface area contributed by atoms with Gasteiger partial charge < -0.3 is 19.6 Å². The summed E-state index contributed by atoms with van der Waals surface area (Å²) >= 11 is 0. The van der Waals surface area contributed by atoms with Crippen molar-refractivity contribution in [3.63, 3.8) is 0 Å². The van der Waals surface area contributed by atoms with Crippen LogP contribution in [0.5, 0.6) is 0 Å². The fourth-order valence-electron chi connectivity index (χ4n) is 2.19. The van der Waals surface area contributed by atoms with Gasteiger partial charge in [0.1, 0.15) is 0 Å². The number of amides is 1. The number of nitrogens with zero attached hydrogens (tertiary/aromatic N) is 1. The van der Waals surface area contributed by atoms with E-state index in [1.54, 1.807) is 6.20 Å². The lowest BCUT2D eigenvalue weighted by Crippen LogP contribution is -2.55. The van der Waals surface area contributed by atoms with Crippen LogP contribution in [0.2, 0.25) is 0 Å². The number of carboxylic acids is 1. The van der Waals surface area contributed by atoms with Gasteiger partial charge in [-0.05, 0) is 6.92 Å². The number of oxazole rings is 1. The molecule has 1 aromatic heterocycles. The van der Waals surface area contributed by atoms with Crippen molar-refractivity contribution in [1.29, 1.82) is 0 Å². The van der Waals surface area contributed by atoms with E-state index in [0.29, 0.717) is 11.7 Å². The first-order valence-corrected chi connectivity index (χ1v) is 7.48. The molecule has 7 heteroatoms. The molecule has 1 aromatic carbocycles. The summed E-state index contributed by atoms with van der Waals surface area (Å²) in [4.78, 5) is 27.4. The van der Waals surface area contributed by atoms with Gasteiger partial charge in [0.25, 0.3) is 0 Å². The average Bonchev–Trinajstić information content (AvgIpc) is 3.03. The topological polar surface area (TPSA) is 102 Å². The van der Waals surface area contributed by atoms with Gasteiger partial charge in [0.05, 0.1) is 12.8 Å². The summed E-state index contributed by atoms with van der Waals surface area (Å²) in [5.41, 5.74) is -0.559. The fraction of sp³-hybridized carbons (Fsp3) is 0.353. The predicted molar refractivity (Wildman–Crippen MR) is 86.3 cm³/mol. The zero-order chi connectivity index (χ0) is 17.6. The van der Waals surface area contributed by atoms with Gasteiger partial charge in [-0.25, -0.2) is 9.78 Å². The summed E-state index contributed by atoms with van der Waals surface area (Å²) in [5.74, 6) is -0.509. The molecular formula is C17H20N2O5. The molecule has 128 valence electrons. The largest absolute Gasteiger partial charge is 0.479 e. The van der Waals surface area contributed by atoms with Crippen LogP contribution in [0.25, 0.3) is 11.3 Å². The van der Waals surface area contributed by atoms with Crippen LogP contribution in [-0.2, 0) is 20.7 Å². The Morgan fingerprint density at radius 2 is 2.04 bits per heavy atom. The summed E-state index contributed by atoms with van der Waals surface area (Å²) < 4.78 is 10.5. The van der Waals surface area contributed by atoms with E-state index < -0.39 is 17.4 Å². The van der Waals surface area contributed by atoms with Crippen LogP contribution in [-0.4, -0.2) is 41.2 Å². The van der Waals surface area contributed by atoms with Gasteiger partial charge in [-0.2, -0.15) is 0 Å². The van der Waals surface area contributed by atoms with E-state index in [9.17, 15) is 14.7 Å². The molecule has 0 aliphatic carbocycles. The Morgan fingerprint density at radius 1 is 1.33 bits per heavy atom. The minimum atomic E-state index is -1.46. The maximum absolute atomic E-state index is 12.0. The smallest absolute Gasteiger partial charge is 0.331 e. The lowest BCUT2D eigenvalue weighted by atomic mass is 10.0. The molecule has 0 fully saturated rings. The second kappa shape index (κ2) is 7.74. The van der Waals surface area contributed by atoms with Gasteiger partial charge in [-0.15, -0.1) is 0 Å². The van der Waals surface area contributed by atoms with Crippen LogP contribution in [0.15, 0.2) is 40.9 Å². The Balaban J connectivity index is 1.93. The zero-order valence-corrected chi connectivity index (χ0v) is 13.6. The highest BCUT2D eigenvalue weighted by Crippen LogP contribution is 2.20. The first-order chi connectivity index (χ1) is 11.4. The number of rotatable bonds is 8. The molecule has 0 aliphatic heterocycles. The van der Waals surface area contributed by atoms with Crippen LogP contribution < -0.4 is 5.32 Å². The van der Waals surface area contributed by atoms with Gasteiger partial charge >= 0.3 is 5.97 Å². The summed E-state index contributed by atoms with van der Waals surface area (Å²) in [6.45, 7) is 1.28. The molecule has 0 aliphatic rings. The number of aryl methyl sites for hydroxylation is 1. The average molecular weight is 332 g/mol. The van der Waals surface area contributed by atoms with Crippen LogP contribution in [0.4, 0.5) is 0 Å². The molecule has 2 aromatic rings. The lowest BCUT2D eigenvalue weighted by molar-refractivity contribution is -0.149. The van der Waals surface area contributed by atoms with Crippen LogP contribution in [0.1, 0.15) is 19.2 Å². The molecule has 7 nitrogen and oxygen atoms in total. The summed E-state index contributed by atoms with van der Waals surface area (Å²) in [6.07, 6.45) is 1.96. The third-order valence-electron chi connectivity index (χ3n) is 3.50. The number of aliphatic carboxylic acids is 1. The molecule has 24 heavy (non-hydrogen) atoms. The van der Waals surface area contributed by atoms with Crippen molar-refractivity contribution in [2.75, 3.05) is 13.7 Å². The number of carbonyl (C=O) groups is 2. The molecular weight excluding hydrogens is 312 g/mol. The van der Waals surface area contributed by atoms with E-state index in [2.05, 4.69) is 10.3 Å². The number of hydrogen-bond donors (Lipinski definition) is 2. The quantitative estimate of drug-likeness (QED) is 0.765. The first kappa shape index (κ1) is 17.7. The third-order valence-corrected chi connectivity index (χ3v) is 3.50. The highest BCUT2D eigenvalue weighted by molar-refractivity contribution is 5.86. The fourth-order valence-corrected chi connectivity index (χ4v) is 2.19. The van der Waals surface area contributed by atoms with Crippen molar-refractivity contribution in [3.05, 3.63) is 42.4 Å². The predicted octanol–water partition coefficient (Wildman–Crippen LogP) is 1.88. The van der Waals surface area contributed by atoms with Crippen molar-refractivity contribution < 1.29 is 23.8 Å². The first-order valence-electron chi connectivity index (χ1n) is 7.48. The van der Waals surface area contributed by atoms with Gasteiger partial charge in [-0.1, -0.05) is 30.3 Å². The van der Waals surface area contributed by atoms with E-state index >= 15 is 0 Å². The molecule has 2 rings (SSSR count). The molecule has 1 amide bonds. The number of benzene rings is 1. The molecule has 1 atom stereocenters. The number of ether oxygens (including phenoxy) is 1. The van der Waals surface area contributed by atoms with Crippen LogP contribution in [0, 0.1) is 0 Å². The van der Waals surface area contributed by atoms with Crippen molar-refractivity contribution in [3.8, 4) is 11.3 Å². The Kier molecular flexibility index (Phi) is 5.70. The molecule has 2 N–H and O–H groups in total. The number of carbonyl (C=O) groups excluding carboxylic acids is 1. The minimum Gasteiger partial charge on any atom is -0.479 e. The summed E-state index contributed by atoms with van der Waals surface area (Å²) in [5, 5.41) is 11.7. The van der Waals surface area contributed by atoms with E-state index in [4.69, 9.17) is 9.15 Å². The second-order valence-electron chi connectivity index (χ2n) is 5.60. The normalized spacial score (nSPS) is 13.2. The van der Waals surface area contributed by atoms with E-state index in [-0.39, 0.29) is 19.4 Å². The Morgan fingerprint density at radius 3 is 2.67 bits per heavy atom. The van der Waals surface area contributed by atoms with Gasteiger partial charge in [-0.3, -0.25) is 4.79 Å². The van der Waals surface area contributed by atoms with Gasteiger partial charge in [0.2, 0.25) is 5.91 Å². The number of hydrogen-bond acceptors (Lipinski definition) is 5. The van der Waals surface area contributed by atoms with Crippen molar-refractivity contribution in [1.82, 2.24) is 10.3 Å². The maximum atomic E-state index is 12.0. The van der Waals surface area contributed by atoms with Gasteiger partial charge in [0, 0.05) is 25.5 Å². The Hall–Kier alpha value is -2.67. The summed E-state index contributed by atoms with van der Waals surface area (Å²) in [7, 11) is 1.38. The van der Waals surface area contributed by atoms with Crippen LogP contribution in [0.3, 0.4) is 0 Å². The SMILES string of the molecule is COCC(C)(NC(=O)CCc1ncc(-c2ccccc2)o1)C(=O)O. The number of methoxy groups -OCH3 is 1. The molecule has 0 spiro atoms. The minimum absolute atomic E-state index is 0.0708. The lowest BCUT2D eigenvalue weighted by Gasteiger charge is -2.25. The second-order valence-corrected chi connectivity index (χ2v) is 5.60. The molecule has 0 radical (unpaired) electrons. The maximum Gasteiger partial charge on any atom is 0.331 e. The molecule has 0 bridgehead atoms. The summed E-state index contributed by atoms with van der Waals surface area (Å²) in [6, 6.07) is 9.51. The van der Waals surface area contributed by atoms with Crippen molar-refractivity contribution in [2.45, 2.75) is 25.3 Å². The molecule has 0 saturated carbocycles. The molecule has 1 heterocycles. The van der Waals surface area contributed by atoms with E-state index in [1.165, 1.54) is 14.0 Å². The number of nitrogens with one attached hydrogen (secondary N) is 1. The van der Waals surface area contributed by atoms with Gasteiger partial charge in [0.15, 0.2) is 17.2 Å². The highest BCUT2D eigenvalue weighted by Gasteiger charge is 2.34. The van der Waals surface area contributed by atoms with Crippen molar-refractivity contribution >= 4 is 11.9 Å². The number of aromatic nitrogens is 1. The molecule has 0 saturated heterocycles. The monoisotopic (exact) mass is 332 g/mol. The third kappa shape index (κ3) is 4.42. The van der Waals surface area contributed by atoms with E-state index in [1.807, 2.05) is 30.3 Å². The van der Waals surface area contributed by atoms with E-state index in [0.717, 1.165) is 5.56 Å². The van der Waals surface area contributed by atoms with Crippen molar-refractivity contribution in [2.24, 2.45) is 0 Å².